The summed E-state index contributed by atoms with van der Waals surface area (Å²) in [6.07, 6.45) is 8.23. The van der Waals surface area contributed by atoms with E-state index in [9.17, 15) is 9.90 Å². The zero-order valence-electron chi connectivity index (χ0n) is 12.6. The summed E-state index contributed by atoms with van der Waals surface area (Å²) >= 11 is 0. The van der Waals surface area contributed by atoms with Crippen molar-refractivity contribution in [1.29, 1.82) is 0 Å². The molecule has 1 fully saturated rings. The number of nitrogens with one attached hydrogen (secondary N) is 1. The van der Waals surface area contributed by atoms with Crippen molar-refractivity contribution in [3.63, 3.8) is 0 Å². The van der Waals surface area contributed by atoms with E-state index in [1.165, 1.54) is 0 Å². The predicted octanol–water partition coefficient (Wildman–Crippen LogP) is 1.50. The minimum Gasteiger partial charge on any atom is -0.380 e. The SMILES string of the molecule is Cc1nccn1-c1ccc(CNC(=O)C2(O)CCCC2)cn1. The maximum Gasteiger partial charge on any atom is 0.252 e. The lowest BCUT2D eigenvalue weighted by Gasteiger charge is -2.20. The van der Waals surface area contributed by atoms with Crippen LogP contribution in [-0.2, 0) is 11.3 Å². The Kier molecular flexibility index (Phi) is 3.94. The van der Waals surface area contributed by atoms with E-state index in [1.54, 1.807) is 12.4 Å². The highest BCUT2D eigenvalue weighted by molar-refractivity contribution is 5.85. The molecule has 1 aliphatic carbocycles. The third-order valence-electron chi connectivity index (χ3n) is 4.19. The van der Waals surface area contributed by atoms with E-state index in [4.69, 9.17) is 0 Å². The van der Waals surface area contributed by atoms with Gasteiger partial charge < -0.3 is 10.4 Å². The van der Waals surface area contributed by atoms with Gasteiger partial charge in [0.15, 0.2) is 0 Å². The van der Waals surface area contributed by atoms with Gasteiger partial charge in [0.2, 0.25) is 0 Å². The Balaban J connectivity index is 1.62. The van der Waals surface area contributed by atoms with Crippen LogP contribution in [0.25, 0.3) is 5.82 Å². The lowest BCUT2D eigenvalue weighted by Crippen LogP contribution is -2.44. The van der Waals surface area contributed by atoms with Gasteiger partial charge >= 0.3 is 0 Å². The zero-order chi connectivity index (χ0) is 15.6. The van der Waals surface area contributed by atoms with Gasteiger partial charge in [0, 0.05) is 25.1 Å². The summed E-state index contributed by atoms with van der Waals surface area (Å²) in [6.45, 7) is 2.29. The number of imidazole rings is 1. The van der Waals surface area contributed by atoms with Crippen molar-refractivity contribution >= 4 is 5.91 Å². The molecule has 2 heterocycles. The third kappa shape index (κ3) is 2.87. The lowest BCUT2D eigenvalue weighted by atomic mass is 10.0. The smallest absolute Gasteiger partial charge is 0.252 e. The van der Waals surface area contributed by atoms with E-state index in [1.807, 2.05) is 29.8 Å². The quantitative estimate of drug-likeness (QED) is 0.896. The van der Waals surface area contributed by atoms with Crippen molar-refractivity contribution in [1.82, 2.24) is 19.9 Å². The van der Waals surface area contributed by atoms with Crippen LogP contribution in [0.2, 0.25) is 0 Å². The van der Waals surface area contributed by atoms with Gasteiger partial charge in [-0.3, -0.25) is 9.36 Å². The summed E-state index contributed by atoms with van der Waals surface area (Å²) in [5.74, 6) is 1.39. The fraction of sp³-hybridized carbons (Fsp3) is 0.438. The number of hydrogen-bond donors (Lipinski definition) is 2. The molecule has 22 heavy (non-hydrogen) atoms. The van der Waals surface area contributed by atoms with E-state index in [-0.39, 0.29) is 5.91 Å². The molecule has 0 radical (unpaired) electrons. The molecule has 1 amide bonds. The molecule has 0 aliphatic heterocycles. The zero-order valence-corrected chi connectivity index (χ0v) is 12.6. The number of nitrogens with zero attached hydrogens (tertiary/aromatic N) is 3. The van der Waals surface area contributed by atoms with Crippen molar-refractivity contribution in [3.8, 4) is 5.82 Å². The van der Waals surface area contributed by atoms with Crippen LogP contribution in [0.3, 0.4) is 0 Å². The lowest BCUT2D eigenvalue weighted by molar-refractivity contribution is -0.139. The fourth-order valence-electron chi connectivity index (χ4n) is 2.82. The largest absolute Gasteiger partial charge is 0.380 e. The van der Waals surface area contributed by atoms with Crippen LogP contribution < -0.4 is 5.32 Å². The highest BCUT2D eigenvalue weighted by Gasteiger charge is 2.38. The molecule has 6 nitrogen and oxygen atoms in total. The second-order valence-electron chi connectivity index (χ2n) is 5.79. The van der Waals surface area contributed by atoms with Gasteiger partial charge in [0.25, 0.3) is 5.91 Å². The van der Waals surface area contributed by atoms with Crippen molar-refractivity contribution in [2.75, 3.05) is 0 Å². The van der Waals surface area contributed by atoms with Crippen molar-refractivity contribution < 1.29 is 9.90 Å². The molecule has 0 atom stereocenters. The van der Waals surface area contributed by atoms with Crippen LogP contribution in [0.15, 0.2) is 30.7 Å². The van der Waals surface area contributed by atoms with E-state index in [0.717, 1.165) is 30.0 Å². The van der Waals surface area contributed by atoms with Crippen LogP contribution in [0, 0.1) is 6.92 Å². The molecule has 0 unspecified atom stereocenters. The maximum absolute atomic E-state index is 12.0. The summed E-state index contributed by atoms with van der Waals surface area (Å²) in [5.41, 5.74) is -0.280. The molecule has 0 aromatic carbocycles. The Bertz CT molecular complexity index is 657. The van der Waals surface area contributed by atoms with E-state index in [0.29, 0.717) is 19.4 Å². The fourth-order valence-corrected chi connectivity index (χ4v) is 2.82. The first-order valence-corrected chi connectivity index (χ1v) is 7.54. The van der Waals surface area contributed by atoms with E-state index in [2.05, 4.69) is 15.3 Å². The summed E-state index contributed by atoms with van der Waals surface area (Å²) in [6, 6.07) is 3.81. The molecule has 2 aromatic heterocycles. The van der Waals surface area contributed by atoms with Crippen LogP contribution in [0.4, 0.5) is 0 Å². The van der Waals surface area contributed by atoms with Gasteiger partial charge in [-0.2, -0.15) is 0 Å². The van der Waals surface area contributed by atoms with Crippen LogP contribution in [0.1, 0.15) is 37.1 Å². The number of carbonyl (C=O) groups is 1. The molecule has 0 saturated heterocycles. The minimum absolute atomic E-state index is 0.278. The molecule has 116 valence electrons. The van der Waals surface area contributed by atoms with Gasteiger partial charge in [-0.25, -0.2) is 9.97 Å². The average Bonchev–Trinajstić information content (AvgIpc) is 3.15. The minimum atomic E-state index is -1.18. The first kappa shape index (κ1) is 14.7. The van der Waals surface area contributed by atoms with Gasteiger partial charge in [-0.15, -0.1) is 0 Å². The van der Waals surface area contributed by atoms with E-state index >= 15 is 0 Å². The molecule has 0 spiro atoms. The number of aliphatic hydroxyl groups is 1. The normalized spacial score (nSPS) is 16.6. The number of aromatic nitrogens is 3. The molecular weight excluding hydrogens is 280 g/mol. The summed E-state index contributed by atoms with van der Waals surface area (Å²) < 4.78 is 1.89. The number of aryl methyl sites for hydroxylation is 1. The standard InChI is InChI=1S/C16H20N4O2/c1-12-17-8-9-20(12)14-5-4-13(10-18-14)11-19-15(21)16(22)6-2-3-7-16/h4-5,8-10,22H,2-3,6-7,11H2,1H3,(H,19,21). The summed E-state index contributed by atoms with van der Waals surface area (Å²) in [7, 11) is 0. The summed E-state index contributed by atoms with van der Waals surface area (Å²) in [5, 5.41) is 13.0. The highest BCUT2D eigenvalue weighted by Crippen LogP contribution is 2.29. The number of amides is 1. The molecule has 1 saturated carbocycles. The maximum atomic E-state index is 12.0. The van der Waals surface area contributed by atoms with Crippen LogP contribution in [-0.4, -0.2) is 31.1 Å². The van der Waals surface area contributed by atoms with Gasteiger partial charge in [0.05, 0.1) is 0 Å². The number of hydrogen-bond acceptors (Lipinski definition) is 4. The topological polar surface area (TPSA) is 80.0 Å². The van der Waals surface area contributed by atoms with Gasteiger partial charge in [-0.05, 0) is 44.2 Å². The predicted molar refractivity (Wildman–Crippen MR) is 81.4 cm³/mol. The summed E-state index contributed by atoms with van der Waals surface area (Å²) in [4.78, 5) is 20.6. The molecule has 6 heteroatoms. The number of rotatable bonds is 4. The average molecular weight is 300 g/mol. The Morgan fingerprint density at radius 2 is 2.14 bits per heavy atom. The van der Waals surface area contributed by atoms with Gasteiger partial charge in [-0.1, -0.05) is 6.07 Å². The second-order valence-corrected chi connectivity index (χ2v) is 5.79. The Hall–Kier alpha value is -2.21. The molecular formula is C16H20N4O2. The molecule has 2 N–H and O–H groups in total. The third-order valence-corrected chi connectivity index (χ3v) is 4.19. The van der Waals surface area contributed by atoms with Gasteiger partial charge in [0.1, 0.15) is 17.2 Å². The highest BCUT2D eigenvalue weighted by atomic mass is 16.3. The molecule has 3 rings (SSSR count). The first-order chi connectivity index (χ1) is 10.6. The first-order valence-electron chi connectivity index (χ1n) is 7.54. The van der Waals surface area contributed by atoms with Crippen LogP contribution >= 0.6 is 0 Å². The second kappa shape index (κ2) is 5.88. The van der Waals surface area contributed by atoms with Crippen molar-refractivity contribution in [3.05, 3.63) is 42.1 Å². The Morgan fingerprint density at radius 1 is 1.36 bits per heavy atom. The molecule has 2 aromatic rings. The monoisotopic (exact) mass is 300 g/mol. The number of pyridine rings is 1. The molecule has 1 aliphatic rings. The van der Waals surface area contributed by atoms with E-state index < -0.39 is 5.60 Å². The molecule has 0 bridgehead atoms. The van der Waals surface area contributed by atoms with Crippen molar-refractivity contribution in [2.45, 2.75) is 44.8 Å². The Morgan fingerprint density at radius 3 is 2.73 bits per heavy atom. The number of carbonyl (C=O) groups excluding carboxylic acids is 1. The van der Waals surface area contributed by atoms with Crippen LogP contribution in [0.5, 0.6) is 0 Å². The Labute approximate surface area is 129 Å². The van der Waals surface area contributed by atoms with Crippen molar-refractivity contribution in [2.24, 2.45) is 0 Å².